The van der Waals surface area contributed by atoms with Gasteiger partial charge in [-0.2, -0.15) is 4.98 Å². The minimum Gasteiger partial charge on any atom is -0.497 e. The minimum atomic E-state index is 0.460. The van der Waals surface area contributed by atoms with Crippen molar-refractivity contribution in [1.82, 2.24) is 24.9 Å². The number of rotatable bonds is 8. The number of nitrogens with zero attached hydrogens (tertiary/aromatic N) is 5. The maximum absolute atomic E-state index is 5.56. The van der Waals surface area contributed by atoms with Crippen LogP contribution in [-0.4, -0.2) is 32.0 Å². The van der Waals surface area contributed by atoms with Crippen molar-refractivity contribution in [3.8, 4) is 28.7 Å². The quantitative estimate of drug-likeness (QED) is 0.310. The van der Waals surface area contributed by atoms with Gasteiger partial charge in [-0.05, 0) is 29.8 Å². The van der Waals surface area contributed by atoms with Crippen LogP contribution in [0.5, 0.6) is 5.75 Å². The maximum atomic E-state index is 5.56. The summed E-state index contributed by atoms with van der Waals surface area (Å²) in [4.78, 5) is 4.51. The van der Waals surface area contributed by atoms with Gasteiger partial charge in [0.15, 0.2) is 10.9 Å². The molecule has 0 aliphatic carbocycles. The number of hydrogen-bond acceptors (Lipinski definition) is 8. The van der Waals surface area contributed by atoms with Crippen molar-refractivity contribution in [3.05, 3.63) is 84.4 Å². The van der Waals surface area contributed by atoms with E-state index in [1.165, 1.54) is 11.8 Å². The predicted octanol–water partition coefficient (Wildman–Crippen LogP) is 4.94. The summed E-state index contributed by atoms with van der Waals surface area (Å²) in [5.41, 5.74) is 1.97. The Labute approximate surface area is 188 Å². The van der Waals surface area contributed by atoms with E-state index in [1.807, 2.05) is 59.2 Å². The largest absolute Gasteiger partial charge is 0.497 e. The zero-order valence-electron chi connectivity index (χ0n) is 17.2. The van der Waals surface area contributed by atoms with Crippen LogP contribution in [0.15, 0.2) is 87.1 Å². The van der Waals surface area contributed by atoms with E-state index in [2.05, 4.69) is 32.5 Å². The molecule has 0 atom stereocenters. The van der Waals surface area contributed by atoms with Gasteiger partial charge in [-0.3, -0.25) is 4.57 Å². The van der Waals surface area contributed by atoms with Crippen LogP contribution in [0.2, 0.25) is 0 Å². The third kappa shape index (κ3) is 4.28. The fourth-order valence-corrected chi connectivity index (χ4v) is 3.99. The number of hydrogen-bond donors (Lipinski definition) is 0. The number of aromatic nitrogens is 5. The molecule has 0 aliphatic rings. The highest BCUT2D eigenvalue weighted by atomic mass is 32.2. The van der Waals surface area contributed by atoms with E-state index in [0.29, 0.717) is 35.6 Å². The maximum Gasteiger partial charge on any atom is 0.237 e. The molecule has 5 rings (SSSR count). The predicted molar refractivity (Wildman–Crippen MR) is 119 cm³/mol. The van der Waals surface area contributed by atoms with Crippen molar-refractivity contribution in [2.24, 2.45) is 0 Å². The monoisotopic (exact) mass is 445 g/mol. The van der Waals surface area contributed by atoms with Gasteiger partial charge in [-0.25, -0.2) is 0 Å². The molecule has 0 fully saturated rings. The Balaban J connectivity index is 1.37. The molecular weight excluding hydrogens is 426 g/mol. The van der Waals surface area contributed by atoms with Crippen LogP contribution in [0, 0.1) is 0 Å². The lowest BCUT2D eigenvalue weighted by Crippen LogP contribution is -2.04. The highest BCUT2D eigenvalue weighted by Crippen LogP contribution is 2.28. The molecule has 0 radical (unpaired) electrons. The Morgan fingerprint density at radius 3 is 2.72 bits per heavy atom. The van der Waals surface area contributed by atoms with E-state index >= 15 is 0 Å². The first-order chi connectivity index (χ1) is 15.8. The van der Waals surface area contributed by atoms with Gasteiger partial charge >= 0.3 is 0 Å². The molecule has 0 saturated carbocycles. The van der Waals surface area contributed by atoms with E-state index in [4.69, 9.17) is 13.7 Å². The van der Waals surface area contributed by atoms with Crippen LogP contribution in [-0.2, 0) is 12.3 Å². The molecule has 0 unspecified atom stereocenters. The van der Waals surface area contributed by atoms with E-state index < -0.39 is 0 Å². The second kappa shape index (κ2) is 9.11. The fraction of sp³-hybridized carbons (Fsp3) is 0.130. The first kappa shape index (κ1) is 20.1. The lowest BCUT2D eigenvalue weighted by molar-refractivity contribution is 0.391. The molecule has 5 aromatic rings. The van der Waals surface area contributed by atoms with Crippen molar-refractivity contribution in [2.45, 2.75) is 17.5 Å². The Hall–Kier alpha value is -3.85. The van der Waals surface area contributed by atoms with Gasteiger partial charge in [0.05, 0.1) is 25.7 Å². The van der Waals surface area contributed by atoms with E-state index in [1.54, 1.807) is 13.4 Å². The molecule has 0 aliphatic heterocycles. The number of furan rings is 1. The summed E-state index contributed by atoms with van der Waals surface area (Å²) in [5.74, 6) is 3.55. The first-order valence-electron chi connectivity index (χ1n) is 9.91. The SMILES string of the molecule is COc1cccc(-c2noc(CSc3nnc(-c4ccco4)n3Cc3ccccc3)n2)c1. The highest BCUT2D eigenvalue weighted by molar-refractivity contribution is 7.98. The molecule has 0 saturated heterocycles. The normalized spacial score (nSPS) is 11.0. The van der Waals surface area contributed by atoms with E-state index in [0.717, 1.165) is 22.0 Å². The molecule has 160 valence electrons. The van der Waals surface area contributed by atoms with Gasteiger partial charge in [0.2, 0.25) is 17.5 Å². The van der Waals surface area contributed by atoms with Crippen LogP contribution >= 0.6 is 11.8 Å². The smallest absolute Gasteiger partial charge is 0.237 e. The molecule has 32 heavy (non-hydrogen) atoms. The number of methoxy groups -OCH3 is 1. The van der Waals surface area contributed by atoms with E-state index in [9.17, 15) is 0 Å². The van der Waals surface area contributed by atoms with Gasteiger partial charge in [0.1, 0.15) is 5.75 Å². The molecule has 2 aromatic carbocycles. The Kier molecular flexibility index (Phi) is 5.71. The summed E-state index contributed by atoms with van der Waals surface area (Å²) in [6.07, 6.45) is 1.63. The van der Waals surface area contributed by atoms with Crippen molar-refractivity contribution in [2.75, 3.05) is 7.11 Å². The first-order valence-corrected chi connectivity index (χ1v) is 10.9. The van der Waals surface area contributed by atoms with E-state index in [-0.39, 0.29) is 0 Å². The summed E-state index contributed by atoms with van der Waals surface area (Å²) in [6, 6.07) is 21.4. The molecule has 9 heteroatoms. The summed E-state index contributed by atoms with van der Waals surface area (Å²) in [6.45, 7) is 0.616. The molecule has 3 aromatic heterocycles. The number of benzene rings is 2. The van der Waals surface area contributed by atoms with Crippen molar-refractivity contribution in [3.63, 3.8) is 0 Å². The third-order valence-corrected chi connectivity index (χ3v) is 5.71. The molecule has 0 N–H and O–H groups in total. The van der Waals surface area contributed by atoms with Gasteiger partial charge in [-0.15, -0.1) is 10.2 Å². The van der Waals surface area contributed by atoms with Crippen molar-refractivity contribution in [1.29, 1.82) is 0 Å². The molecule has 0 amide bonds. The molecular formula is C23H19N5O3S. The third-order valence-electron chi connectivity index (χ3n) is 4.76. The van der Waals surface area contributed by atoms with Gasteiger partial charge < -0.3 is 13.7 Å². The summed E-state index contributed by atoms with van der Waals surface area (Å²) in [5, 5.41) is 13.6. The van der Waals surface area contributed by atoms with Crippen LogP contribution < -0.4 is 4.74 Å². The highest BCUT2D eigenvalue weighted by Gasteiger charge is 2.18. The van der Waals surface area contributed by atoms with Crippen molar-refractivity contribution >= 4 is 11.8 Å². The van der Waals surface area contributed by atoms with Gasteiger partial charge in [0.25, 0.3) is 0 Å². The number of ether oxygens (including phenoxy) is 1. The van der Waals surface area contributed by atoms with Gasteiger partial charge in [0, 0.05) is 5.56 Å². The zero-order valence-corrected chi connectivity index (χ0v) is 18.0. The average molecular weight is 446 g/mol. The topological polar surface area (TPSA) is 92.0 Å². The second-order valence-corrected chi connectivity index (χ2v) is 7.83. The fourth-order valence-electron chi connectivity index (χ4n) is 3.21. The van der Waals surface area contributed by atoms with Crippen molar-refractivity contribution < 1.29 is 13.7 Å². The molecule has 0 bridgehead atoms. The Morgan fingerprint density at radius 1 is 1.00 bits per heavy atom. The lowest BCUT2D eigenvalue weighted by Gasteiger charge is -2.08. The van der Waals surface area contributed by atoms with Crippen LogP contribution in [0.3, 0.4) is 0 Å². The lowest BCUT2D eigenvalue weighted by atomic mass is 10.2. The van der Waals surface area contributed by atoms with Crippen LogP contribution in [0.25, 0.3) is 23.0 Å². The summed E-state index contributed by atoms with van der Waals surface area (Å²) >= 11 is 1.48. The summed E-state index contributed by atoms with van der Waals surface area (Å²) in [7, 11) is 1.62. The Morgan fingerprint density at radius 2 is 1.91 bits per heavy atom. The van der Waals surface area contributed by atoms with Gasteiger partial charge in [-0.1, -0.05) is 59.4 Å². The number of thioether (sulfide) groups is 1. The second-order valence-electron chi connectivity index (χ2n) is 6.89. The minimum absolute atomic E-state index is 0.460. The standard InChI is InChI=1S/C23H19N5O3S/c1-29-18-10-5-9-17(13-18)21-24-20(31-27-21)15-32-23-26-25-22(19-11-6-12-30-19)28(23)14-16-7-3-2-4-8-16/h2-13H,14-15H2,1H3. The average Bonchev–Trinajstić information content (AvgIpc) is 3.60. The molecule has 8 nitrogen and oxygen atoms in total. The van der Waals surface area contributed by atoms with Crippen LogP contribution in [0.1, 0.15) is 11.5 Å². The summed E-state index contributed by atoms with van der Waals surface area (Å²) < 4.78 is 18.3. The molecule has 0 spiro atoms. The zero-order chi connectivity index (χ0) is 21.8. The molecule has 3 heterocycles. The Bertz CT molecular complexity index is 1300. The van der Waals surface area contributed by atoms with Crippen LogP contribution in [0.4, 0.5) is 0 Å².